The van der Waals surface area contributed by atoms with Crippen LogP contribution in [0.5, 0.6) is 11.5 Å². The standard InChI is InChI=1S/C17H16F4N2O2S/c1-24-12-4-3-9(7-13(12)25-2)5-6-22-17(26)23-16-14(20)10(18)8-11(19)15(16)21/h3-4,7-8H,5-6H2,1-2H3,(H2,22,23,26). The summed E-state index contributed by atoms with van der Waals surface area (Å²) >= 11 is 4.90. The van der Waals surface area contributed by atoms with Crippen molar-refractivity contribution in [2.75, 3.05) is 26.1 Å². The van der Waals surface area contributed by atoms with Gasteiger partial charge in [-0.3, -0.25) is 0 Å². The van der Waals surface area contributed by atoms with Crippen LogP contribution in [0.3, 0.4) is 0 Å². The lowest BCUT2D eigenvalue weighted by atomic mass is 10.1. The Morgan fingerprint density at radius 2 is 1.58 bits per heavy atom. The van der Waals surface area contributed by atoms with E-state index in [0.717, 1.165) is 5.56 Å². The molecule has 2 rings (SSSR count). The Bertz CT molecular complexity index is 792. The molecule has 0 saturated carbocycles. The number of thiocarbonyl (C=S) groups is 1. The van der Waals surface area contributed by atoms with E-state index in [1.165, 1.54) is 14.2 Å². The Balaban J connectivity index is 1.96. The molecule has 2 N–H and O–H groups in total. The highest BCUT2D eigenvalue weighted by atomic mass is 32.1. The molecule has 0 radical (unpaired) electrons. The van der Waals surface area contributed by atoms with Gasteiger partial charge in [0, 0.05) is 12.6 Å². The Hall–Kier alpha value is -2.55. The molecule has 26 heavy (non-hydrogen) atoms. The topological polar surface area (TPSA) is 42.5 Å². The first-order valence-corrected chi connectivity index (χ1v) is 7.87. The van der Waals surface area contributed by atoms with E-state index in [1.54, 1.807) is 12.1 Å². The highest BCUT2D eigenvalue weighted by molar-refractivity contribution is 7.80. The fourth-order valence-corrected chi connectivity index (χ4v) is 2.40. The molecule has 140 valence electrons. The maximum absolute atomic E-state index is 13.6. The van der Waals surface area contributed by atoms with Gasteiger partial charge in [-0.05, 0) is 36.3 Å². The van der Waals surface area contributed by atoms with Gasteiger partial charge < -0.3 is 20.1 Å². The maximum Gasteiger partial charge on any atom is 0.185 e. The third kappa shape index (κ3) is 4.54. The normalized spacial score (nSPS) is 10.4. The zero-order valence-electron chi connectivity index (χ0n) is 14.0. The van der Waals surface area contributed by atoms with Crippen LogP contribution in [0.25, 0.3) is 0 Å². The van der Waals surface area contributed by atoms with Gasteiger partial charge in [0.25, 0.3) is 0 Å². The number of benzene rings is 2. The van der Waals surface area contributed by atoms with E-state index in [-0.39, 0.29) is 11.2 Å². The van der Waals surface area contributed by atoms with Gasteiger partial charge in [-0.15, -0.1) is 0 Å². The van der Waals surface area contributed by atoms with Crippen LogP contribution in [0, 0.1) is 23.3 Å². The van der Waals surface area contributed by atoms with Crippen LogP contribution in [0.2, 0.25) is 0 Å². The molecule has 0 bridgehead atoms. The molecule has 0 aliphatic carbocycles. The summed E-state index contributed by atoms with van der Waals surface area (Å²) < 4.78 is 63.8. The van der Waals surface area contributed by atoms with Gasteiger partial charge in [0.15, 0.2) is 39.9 Å². The average Bonchev–Trinajstić information content (AvgIpc) is 2.63. The quantitative estimate of drug-likeness (QED) is 0.448. The smallest absolute Gasteiger partial charge is 0.185 e. The summed E-state index contributed by atoms with van der Waals surface area (Å²) in [5, 5.41) is 4.67. The molecule has 0 atom stereocenters. The highest BCUT2D eigenvalue weighted by Crippen LogP contribution is 2.27. The van der Waals surface area contributed by atoms with Crippen LogP contribution in [0.15, 0.2) is 24.3 Å². The number of rotatable bonds is 6. The maximum atomic E-state index is 13.6. The monoisotopic (exact) mass is 388 g/mol. The third-order valence-corrected chi connectivity index (χ3v) is 3.74. The fourth-order valence-electron chi connectivity index (χ4n) is 2.20. The van der Waals surface area contributed by atoms with E-state index >= 15 is 0 Å². The molecule has 0 saturated heterocycles. The Labute approximate surface area is 153 Å². The number of methoxy groups -OCH3 is 2. The zero-order chi connectivity index (χ0) is 19.3. The first kappa shape index (κ1) is 19.8. The second-order valence-electron chi connectivity index (χ2n) is 5.16. The van der Waals surface area contributed by atoms with Gasteiger partial charge in [0.1, 0.15) is 5.69 Å². The minimum Gasteiger partial charge on any atom is -0.493 e. The van der Waals surface area contributed by atoms with Crippen molar-refractivity contribution in [3.63, 3.8) is 0 Å². The first-order valence-electron chi connectivity index (χ1n) is 7.46. The molecular formula is C17H16F4N2O2S. The number of hydrogen-bond acceptors (Lipinski definition) is 3. The largest absolute Gasteiger partial charge is 0.493 e. The molecule has 0 spiro atoms. The molecule has 0 heterocycles. The van der Waals surface area contributed by atoms with Crippen molar-refractivity contribution >= 4 is 23.0 Å². The van der Waals surface area contributed by atoms with Crippen LogP contribution in [-0.4, -0.2) is 25.9 Å². The lowest BCUT2D eigenvalue weighted by Gasteiger charge is -2.13. The summed E-state index contributed by atoms with van der Waals surface area (Å²) in [4.78, 5) is 0. The lowest BCUT2D eigenvalue weighted by molar-refractivity contribution is 0.354. The SMILES string of the molecule is COc1ccc(CCNC(=S)Nc2c(F)c(F)cc(F)c2F)cc1OC. The molecule has 2 aromatic carbocycles. The summed E-state index contributed by atoms with van der Waals surface area (Å²) in [7, 11) is 3.04. The van der Waals surface area contributed by atoms with Crippen molar-refractivity contribution in [3.05, 3.63) is 53.1 Å². The average molecular weight is 388 g/mol. The van der Waals surface area contributed by atoms with Gasteiger partial charge in [-0.1, -0.05) is 6.07 Å². The molecule has 0 aliphatic rings. The fraction of sp³-hybridized carbons (Fsp3) is 0.235. The van der Waals surface area contributed by atoms with Crippen molar-refractivity contribution in [2.24, 2.45) is 0 Å². The Morgan fingerprint density at radius 1 is 0.962 bits per heavy atom. The molecule has 0 aliphatic heterocycles. The summed E-state index contributed by atoms with van der Waals surface area (Å²) in [6.45, 7) is 0.308. The van der Waals surface area contributed by atoms with Crippen LogP contribution in [0.4, 0.5) is 23.2 Å². The number of ether oxygens (including phenoxy) is 2. The van der Waals surface area contributed by atoms with Crippen molar-refractivity contribution in [2.45, 2.75) is 6.42 Å². The predicted molar refractivity (Wildman–Crippen MR) is 93.7 cm³/mol. The van der Waals surface area contributed by atoms with Crippen molar-refractivity contribution in [3.8, 4) is 11.5 Å². The molecule has 0 unspecified atom stereocenters. The van der Waals surface area contributed by atoms with Crippen LogP contribution < -0.4 is 20.1 Å². The van der Waals surface area contributed by atoms with Crippen molar-refractivity contribution < 1.29 is 27.0 Å². The highest BCUT2D eigenvalue weighted by Gasteiger charge is 2.19. The number of nitrogens with one attached hydrogen (secondary N) is 2. The summed E-state index contributed by atoms with van der Waals surface area (Å²) in [5.41, 5.74) is -0.0850. The molecule has 0 fully saturated rings. The second kappa shape index (κ2) is 8.70. The van der Waals surface area contributed by atoms with E-state index in [0.29, 0.717) is 24.5 Å². The van der Waals surface area contributed by atoms with Gasteiger partial charge in [-0.25, -0.2) is 17.6 Å². The molecule has 0 amide bonds. The van der Waals surface area contributed by atoms with E-state index in [1.807, 2.05) is 6.07 Å². The zero-order valence-corrected chi connectivity index (χ0v) is 14.8. The van der Waals surface area contributed by atoms with Gasteiger partial charge in [0.2, 0.25) is 0 Å². The van der Waals surface area contributed by atoms with E-state index < -0.39 is 29.0 Å². The van der Waals surface area contributed by atoms with Crippen molar-refractivity contribution in [1.82, 2.24) is 5.32 Å². The van der Waals surface area contributed by atoms with Gasteiger partial charge in [-0.2, -0.15) is 0 Å². The summed E-state index contributed by atoms with van der Waals surface area (Å²) in [6.07, 6.45) is 0.505. The number of anilines is 1. The third-order valence-electron chi connectivity index (χ3n) is 3.50. The number of hydrogen-bond donors (Lipinski definition) is 2. The Kier molecular flexibility index (Phi) is 6.62. The summed E-state index contributed by atoms with van der Waals surface area (Å²) in [6, 6.07) is 5.47. The minimum absolute atomic E-state index is 0.128. The van der Waals surface area contributed by atoms with Crippen LogP contribution in [0.1, 0.15) is 5.56 Å². The van der Waals surface area contributed by atoms with Crippen molar-refractivity contribution in [1.29, 1.82) is 0 Å². The van der Waals surface area contributed by atoms with E-state index in [2.05, 4.69) is 10.6 Å². The van der Waals surface area contributed by atoms with E-state index in [4.69, 9.17) is 21.7 Å². The first-order chi connectivity index (χ1) is 12.4. The van der Waals surface area contributed by atoms with Gasteiger partial charge >= 0.3 is 0 Å². The molecule has 2 aromatic rings. The van der Waals surface area contributed by atoms with Gasteiger partial charge in [0.05, 0.1) is 14.2 Å². The predicted octanol–water partition coefficient (Wildman–Crippen LogP) is 3.79. The molecule has 9 heteroatoms. The summed E-state index contributed by atoms with van der Waals surface area (Å²) in [5.74, 6) is -4.98. The molecule has 4 nitrogen and oxygen atoms in total. The van der Waals surface area contributed by atoms with E-state index in [9.17, 15) is 17.6 Å². The Morgan fingerprint density at radius 3 is 2.15 bits per heavy atom. The second-order valence-corrected chi connectivity index (χ2v) is 5.57. The van der Waals surface area contributed by atoms with Crippen LogP contribution in [-0.2, 0) is 6.42 Å². The minimum atomic E-state index is -1.55. The number of halogens is 4. The molecule has 0 aromatic heterocycles. The van der Waals surface area contributed by atoms with Crippen LogP contribution >= 0.6 is 12.2 Å². The lowest BCUT2D eigenvalue weighted by Crippen LogP contribution is -2.31. The molecular weight excluding hydrogens is 372 g/mol.